The summed E-state index contributed by atoms with van der Waals surface area (Å²) in [6, 6.07) is 3.47. The van der Waals surface area contributed by atoms with Crippen LogP contribution in [0.3, 0.4) is 0 Å². The molecule has 0 bridgehead atoms. The van der Waals surface area contributed by atoms with Gasteiger partial charge in [-0.25, -0.2) is 13.1 Å². The fraction of sp³-hybridized carbons (Fsp3) is 0.417. The molecule has 1 atom stereocenters. The van der Waals surface area contributed by atoms with Crippen molar-refractivity contribution < 1.29 is 23.2 Å². The van der Waals surface area contributed by atoms with E-state index in [1.807, 2.05) is 0 Å². The number of carbonyl (C=O) groups is 1. The monoisotopic (exact) mass is 331 g/mol. The Labute approximate surface area is 127 Å². The van der Waals surface area contributed by atoms with Crippen molar-refractivity contribution >= 4 is 27.4 Å². The van der Waals surface area contributed by atoms with E-state index >= 15 is 0 Å². The summed E-state index contributed by atoms with van der Waals surface area (Å²) < 4.78 is 25.5. The normalized spacial score (nSPS) is 12.7. The average Bonchev–Trinajstić information content (AvgIpc) is 2.46. The average molecular weight is 331 g/mol. The fourth-order valence-electron chi connectivity index (χ4n) is 1.84. The van der Waals surface area contributed by atoms with E-state index in [1.165, 1.54) is 38.1 Å². The van der Waals surface area contributed by atoms with Gasteiger partial charge in [0.1, 0.15) is 5.69 Å². The maximum absolute atomic E-state index is 11.7. The molecule has 0 spiro atoms. The van der Waals surface area contributed by atoms with Gasteiger partial charge in [0.15, 0.2) is 0 Å². The summed E-state index contributed by atoms with van der Waals surface area (Å²) >= 11 is 0. The highest BCUT2D eigenvalue weighted by molar-refractivity contribution is 7.89. The van der Waals surface area contributed by atoms with E-state index in [9.17, 15) is 23.3 Å². The second kappa shape index (κ2) is 6.71. The number of nitrogens with one attached hydrogen (secondary N) is 1. The lowest BCUT2D eigenvalue weighted by atomic mass is 10.1. The molecule has 0 fully saturated rings. The molecule has 0 aliphatic heterocycles. The number of nitro groups is 1. The first kappa shape index (κ1) is 17.9. The molecule has 1 rings (SSSR count). The molecular formula is C12H17N3O6S. The van der Waals surface area contributed by atoms with Gasteiger partial charge in [-0.1, -0.05) is 6.92 Å². The third-order valence-corrected chi connectivity index (χ3v) is 4.52. The molecule has 122 valence electrons. The van der Waals surface area contributed by atoms with Crippen molar-refractivity contribution in [1.82, 2.24) is 4.72 Å². The maximum atomic E-state index is 11.7. The summed E-state index contributed by atoms with van der Waals surface area (Å²) in [7, 11) is -1.09. The van der Waals surface area contributed by atoms with Crippen LogP contribution in [0.15, 0.2) is 23.1 Å². The molecule has 22 heavy (non-hydrogen) atoms. The number of rotatable bonds is 7. The van der Waals surface area contributed by atoms with Gasteiger partial charge in [-0.05, 0) is 19.2 Å². The van der Waals surface area contributed by atoms with Gasteiger partial charge in [0.05, 0.1) is 15.7 Å². The minimum absolute atomic E-state index is 0.0499. The van der Waals surface area contributed by atoms with Crippen LogP contribution in [0.5, 0.6) is 0 Å². The smallest absolute Gasteiger partial charge is 0.308 e. The maximum Gasteiger partial charge on any atom is 0.308 e. The lowest BCUT2D eigenvalue weighted by Gasteiger charge is -2.21. The van der Waals surface area contributed by atoms with Gasteiger partial charge in [-0.2, -0.15) is 0 Å². The Kier molecular flexibility index (Phi) is 5.44. The first-order chi connectivity index (χ1) is 10.1. The molecule has 0 radical (unpaired) electrons. The van der Waals surface area contributed by atoms with Crippen LogP contribution in [0.25, 0.3) is 0 Å². The molecule has 1 unspecified atom stereocenters. The number of aliphatic carboxylic acids is 1. The molecule has 1 aromatic rings. The minimum atomic E-state index is -3.80. The van der Waals surface area contributed by atoms with E-state index in [-0.39, 0.29) is 17.1 Å². The van der Waals surface area contributed by atoms with Crippen molar-refractivity contribution in [3.63, 3.8) is 0 Å². The van der Waals surface area contributed by atoms with Crippen molar-refractivity contribution in [2.24, 2.45) is 5.92 Å². The SMILES string of the molecule is CNS(=O)(=O)c1ccc(N(C)CC(C)C(=O)O)c([N+](=O)[O-])c1. The third-order valence-electron chi connectivity index (χ3n) is 3.10. The number of carboxylic acids is 1. The first-order valence-corrected chi connectivity index (χ1v) is 7.74. The highest BCUT2D eigenvalue weighted by Gasteiger charge is 2.24. The van der Waals surface area contributed by atoms with E-state index in [1.54, 1.807) is 0 Å². The number of sulfonamides is 1. The van der Waals surface area contributed by atoms with Crippen LogP contribution < -0.4 is 9.62 Å². The van der Waals surface area contributed by atoms with Crippen LogP contribution in [0.4, 0.5) is 11.4 Å². The zero-order chi connectivity index (χ0) is 17.1. The Balaban J connectivity index is 3.26. The molecule has 0 amide bonds. The Morgan fingerprint density at radius 1 is 1.50 bits per heavy atom. The first-order valence-electron chi connectivity index (χ1n) is 6.26. The van der Waals surface area contributed by atoms with E-state index in [2.05, 4.69) is 4.72 Å². The second-order valence-electron chi connectivity index (χ2n) is 4.73. The molecule has 0 aliphatic rings. The zero-order valence-corrected chi connectivity index (χ0v) is 13.1. The number of nitrogens with zero attached hydrogens (tertiary/aromatic N) is 2. The lowest BCUT2D eigenvalue weighted by Crippen LogP contribution is -2.29. The topological polar surface area (TPSA) is 130 Å². The second-order valence-corrected chi connectivity index (χ2v) is 6.62. The minimum Gasteiger partial charge on any atom is -0.481 e. The van der Waals surface area contributed by atoms with Gasteiger partial charge in [-0.3, -0.25) is 14.9 Å². The Bertz CT molecular complexity index is 688. The summed E-state index contributed by atoms with van der Waals surface area (Å²) in [5.74, 6) is -1.76. The highest BCUT2D eigenvalue weighted by Crippen LogP contribution is 2.30. The number of anilines is 1. The van der Waals surface area contributed by atoms with Crippen molar-refractivity contribution in [1.29, 1.82) is 0 Å². The Morgan fingerprint density at radius 2 is 2.09 bits per heavy atom. The molecule has 0 saturated heterocycles. The van der Waals surface area contributed by atoms with Crippen LogP contribution in [0.1, 0.15) is 6.92 Å². The largest absolute Gasteiger partial charge is 0.481 e. The molecule has 0 aromatic heterocycles. The highest BCUT2D eigenvalue weighted by atomic mass is 32.2. The number of nitro benzene ring substituents is 1. The summed E-state index contributed by atoms with van der Waals surface area (Å²) in [6.07, 6.45) is 0. The quantitative estimate of drug-likeness (QED) is 0.554. The molecule has 0 aliphatic carbocycles. The molecule has 0 saturated carbocycles. The van der Waals surface area contributed by atoms with E-state index in [4.69, 9.17) is 5.11 Å². The summed E-state index contributed by atoms with van der Waals surface area (Å²) in [5.41, 5.74) is -0.260. The summed E-state index contributed by atoms with van der Waals surface area (Å²) in [4.78, 5) is 22.5. The third kappa shape index (κ3) is 3.92. The number of carboxylic acid groups (broad SMARTS) is 1. The van der Waals surface area contributed by atoms with Gasteiger partial charge in [0, 0.05) is 19.7 Å². The van der Waals surface area contributed by atoms with E-state index in [0.29, 0.717) is 0 Å². The van der Waals surface area contributed by atoms with Gasteiger partial charge < -0.3 is 10.0 Å². The van der Waals surface area contributed by atoms with Crippen molar-refractivity contribution in [3.05, 3.63) is 28.3 Å². The fourth-order valence-corrected chi connectivity index (χ4v) is 2.59. The van der Waals surface area contributed by atoms with Gasteiger partial charge in [-0.15, -0.1) is 0 Å². The van der Waals surface area contributed by atoms with Crippen LogP contribution in [0.2, 0.25) is 0 Å². The van der Waals surface area contributed by atoms with Gasteiger partial charge in [0.25, 0.3) is 5.69 Å². The molecule has 2 N–H and O–H groups in total. The van der Waals surface area contributed by atoms with Crippen LogP contribution in [-0.4, -0.2) is 45.1 Å². The molecule has 1 aromatic carbocycles. The van der Waals surface area contributed by atoms with Crippen LogP contribution in [0, 0.1) is 16.0 Å². The molecule has 10 heteroatoms. The van der Waals surface area contributed by atoms with Crippen LogP contribution >= 0.6 is 0 Å². The van der Waals surface area contributed by atoms with Crippen molar-refractivity contribution in [2.45, 2.75) is 11.8 Å². The number of benzene rings is 1. The Hall–Kier alpha value is -2.20. The van der Waals surface area contributed by atoms with Crippen molar-refractivity contribution in [2.75, 3.05) is 25.5 Å². The molecule has 0 heterocycles. The van der Waals surface area contributed by atoms with Gasteiger partial charge >= 0.3 is 5.97 Å². The van der Waals surface area contributed by atoms with Crippen LogP contribution in [-0.2, 0) is 14.8 Å². The summed E-state index contributed by atoms with van der Waals surface area (Å²) in [5, 5.41) is 20.1. The predicted octanol–water partition coefficient (Wildman–Crippen LogP) is 0.660. The molecular weight excluding hydrogens is 314 g/mol. The zero-order valence-electron chi connectivity index (χ0n) is 12.3. The standard InChI is InChI=1S/C12H17N3O6S/c1-8(12(16)17)7-14(3)10-5-4-9(22(20,21)13-2)6-11(10)15(18)19/h4-6,8,13H,7H2,1-3H3,(H,16,17). The predicted molar refractivity (Wildman–Crippen MR) is 79.4 cm³/mol. The molecule has 9 nitrogen and oxygen atoms in total. The number of hydrogen-bond acceptors (Lipinski definition) is 6. The Morgan fingerprint density at radius 3 is 2.55 bits per heavy atom. The van der Waals surface area contributed by atoms with Crippen molar-refractivity contribution in [3.8, 4) is 0 Å². The van der Waals surface area contributed by atoms with E-state index < -0.39 is 32.5 Å². The van der Waals surface area contributed by atoms with E-state index in [0.717, 1.165) is 6.07 Å². The summed E-state index contributed by atoms with van der Waals surface area (Å²) in [6.45, 7) is 1.53. The number of hydrogen-bond donors (Lipinski definition) is 2. The lowest BCUT2D eigenvalue weighted by molar-refractivity contribution is -0.384. The van der Waals surface area contributed by atoms with Gasteiger partial charge in [0.2, 0.25) is 10.0 Å².